The molecule has 18 heavy (non-hydrogen) atoms. The van der Waals surface area contributed by atoms with Crippen molar-refractivity contribution in [2.45, 2.75) is 19.2 Å². The van der Waals surface area contributed by atoms with Gasteiger partial charge in [0.1, 0.15) is 6.61 Å². The lowest BCUT2D eigenvalue weighted by Crippen LogP contribution is -2.08. The fourth-order valence-electron chi connectivity index (χ4n) is 1.21. The summed E-state index contributed by atoms with van der Waals surface area (Å²) in [6.45, 7) is 0.215. The first-order chi connectivity index (χ1) is 8.43. The maximum Gasteiger partial charge on any atom is 0.416 e. The smallest absolute Gasteiger partial charge is 0.416 e. The summed E-state index contributed by atoms with van der Waals surface area (Å²) in [6.07, 6.45) is -4.23. The minimum Gasteiger partial charge on any atom is -0.461 e. The summed E-state index contributed by atoms with van der Waals surface area (Å²) >= 11 is 0. The van der Waals surface area contributed by atoms with E-state index in [0.29, 0.717) is 5.56 Å². The number of esters is 1. The van der Waals surface area contributed by atoms with Crippen molar-refractivity contribution < 1.29 is 27.4 Å². The van der Waals surface area contributed by atoms with Gasteiger partial charge in [0.05, 0.1) is 18.6 Å². The second kappa shape index (κ2) is 6.39. The average Bonchev–Trinajstić information content (AvgIpc) is 2.33. The lowest BCUT2D eigenvalue weighted by molar-refractivity contribution is -0.146. The first-order valence-corrected chi connectivity index (χ1v) is 5.24. The second-order valence-corrected chi connectivity index (χ2v) is 3.60. The van der Waals surface area contributed by atoms with Crippen LogP contribution in [-0.2, 0) is 27.1 Å². The molecule has 0 unspecified atom stereocenters. The van der Waals surface area contributed by atoms with Crippen LogP contribution in [0.15, 0.2) is 24.3 Å². The van der Waals surface area contributed by atoms with Crippen molar-refractivity contribution >= 4 is 5.97 Å². The Morgan fingerprint density at radius 3 is 2.33 bits per heavy atom. The van der Waals surface area contributed by atoms with Gasteiger partial charge in [0, 0.05) is 7.11 Å². The Morgan fingerprint density at radius 2 is 1.83 bits per heavy atom. The molecule has 0 saturated heterocycles. The third kappa shape index (κ3) is 4.75. The number of rotatable bonds is 5. The molecule has 0 bridgehead atoms. The molecule has 0 aliphatic rings. The van der Waals surface area contributed by atoms with Crippen LogP contribution in [-0.4, -0.2) is 19.7 Å². The molecule has 0 radical (unpaired) electrons. The number of methoxy groups -OCH3 is 1. The fourth-order valence-corrected chi connectivity index (χ4v) is 1.21. The molecule has 0 saturated carbocycles. The highest BCUT2D eigenvalue weighted by molar-refractivity contribution is 5.69. The number of carbonyl (C=O) groups excluding carboxylic acids is 1. The fraction of sp³-hybridized carbons (Fsp3) is 0.417. The molecule has 1 aromatic rings. The number of benzene rings is 1. The molecule has 1 rings (SSSR count). The van der Waals surface area contributed by atoms with E-state index in [0.717, 1.165) is 12.1 Å². The van der Waals surface area contributed by atoms with E-state index >= 15 is 0 Å². The van der Waals surface area contributed by atoms with Crippen LogP contribution < -0.4 is 0 Å². The first-order valence-electron chi connectivity index (χ1n) is 5.24. The Bertz CT molecular complexity index is 385. The predicted molar refractivity (Wildman–Crippen MR) is 57.7 cm³/mol. The Morgan fingerprint density at radius 1 is 1.22 bits per heavy atom. The van der Waals surface area contributed by atoms with Gasteiger partial charge >= 0.3 is 12.1 Å². The van der Waals surface area contributed by atoms with Gasteiger partial charge in [-0.2, -0.15) is 13.2 Å². The van der Waals surface area contributed by atoms with Crippen LogP contribution in [0.1, 0.15) is 17.5 Å². The van der Waals surface area contributed by atoms with Crippen LogP contribution in [0, 0.1) is 0 Å². The lowest BCUT2D eigenvalue weighted by atomic mass is 10.1. The summed E-state index contributed by atoms with van der Waals surface area (Å²) < 4.78 is 46.4. The van der Waals surface area contributed by atoms with Gasteiger partial charge in [-0.1, -0.05) is 12.1 Å². The molecule has 0 aliphatic carbocycles. The summed E-state index contributed by atoms with van der Waals surface area (Å²) in [6, 6.07) is 4.48. The van der Waals surface area contributed by atoms with Gasteiger partial charge in [0.15, 0.2) is 0 Å². The van der Waals surface area contributed by atoms with E-state index in [4.69, 9.17) is 9.47 Å². The highest BCUT2D eigenvalue weighted by atomic mass is 19.4. The zero-order valence-corrected chi connectivity index (χ0v) is 9.79. The molecule has 0 heterocycles. The summed E-state index contributed by atoms with van der Waals surface area (Å²) in [4.78, 5) is 11.1. The first kappa shape index (κ1) is 14.5. The number of carbonyl (C=O) groups is 1. The summed E-state index contributed by atoms with van der Waals surface area (Å²) in [5.74, 6) is -0.447. The quantitative estimate of drug-likeness (QED) is 0.765. The Balaban J connectivity index is 2.47. The minimum absolute atomic E-state index is 0.0410. The van der Waals surface area contributed by atoms with E-state index in [9.17, 15) is 18.0 Å². The van der Waals surface area contributed by atoms with Gasteiger partial charge < -0.3 is 9.47 Å². The molecule has 0 spiro atoms. The maximum absolute atomic E-state index is 12.3. The van der Waals surface area contributed by atoms with E-state index < -0.39 is 17.7 Å². The Kier molecular flexibility index (Phi) is 5.15. The van der Waals surface area contributed by atoms with Crippen LogP contribution in [0.4, 0.5) is 13.2 Å². The number of ether oxygens (including phenoxy) is 2. The summed E-state index contributed by atoms with van der Waals surface area (Å²) in [5.41, 5.74) is -0.217. The molecule has 0 aliphatic heterocycles. The van der Waals surface area contributed by atoms with Gasteiger partial charge in [0.25, 0.3) is 0 Å². The van der Waals surface area contributed by atoms with Crippen molar-refractivity contribution in [2.24, 2.45) is 0 Å². The van der Waals surface area contributed by atoms with E-state index in [1.54, 1.807) is 0 Å². The topological polar surface area (TPSA) is 35.5 Å². The predicted octanol–water partition coefficient (Wildman–Crippen LogP) is 2.79. The van der Waals surface area contributed by atoms with Gasteiger partial charge in [0.2, 0.25) is 0 Å². The molecule has 0 atom stereocenters. The number of halogens is 3. The second-order valence-electron chi connectivity index (χ2n) is 3.60. The number of alkyl halides is 3. The van der Waals surface area contributed by atoms with Gasteiger partial charge in [-0.3, -0.25) is 4.79 Å². The third-order valence-corrected chi connectivity index (χ3v) is 2.19. The molecule has 0 N–H and O–H groups in total. The van der Waals surface area contributed by atoms with Crippen LogP contribution in [0.2, 0.25) is 0 Å². The van der Waals surface area contributed by atoms with Crippen LogP contribution >= 0.6 is 0 Å². The highest BCUT2D eigenvalue weighted by Crippen LogP contribution is 2.29. The Hall–Kier alpha value is -1.56. The lowest BCUT2D eigenvalue weighted by Gasteiger charge is -2.08. The highest BCUT2D eigenvalue weighted by Gasteiger charge is 2.29. The van der Waals surface area contributed by atoms with E-state index in [-0.39, 0.29) is 19.6 Å². The van der Waals surface area contributed by atoms with Crippen molar-refractivity contribution in [3.05, 3.63) is 35.4 Å². The summed E-state index contributed by atoms with van der Waals surface area (Å²) in [5, 5.41) is 0. The summed E-state index contributed by atoms with van der Waals surface area (Å²) in [7, 11) is 1.46. The van der Waals surface area contributed by atoms with Gasteiger partial charge in [-0.15, -0.1) is 0 Å². The van der Waals surface area contributed by atoms with Crippen molar-refractivity contribution in [1.29, 1.82) is 0 Å². The molecule has 3 nitrogen and oxygen atoms in total. The van der Waals surface area contributed by atoms with Crippen LogP contribution in [0.3, 0.4) is 0 Å². The van der Waals surface area contributed by atoms with E-state index in [1.807, 2.05) is 0 Å². The molecule has 0 aromatic heterocycles. The minimum atomic E-state index is -4.35. The maximum atomic E-state index is 12.3. The molecule has 1 aromatic carbocycles. The normalized spacial score (nSPS) is 11.3. The molecular formula is C12H13F3O3. The Labute approximate surface area is 103 Å². The van der Waals surface area contributed by atoms with Crippen LogP contribution in [0.25, 0.3) is 0 Å². The standard InChI is InChI=1S/C12H13F3O3/c1-17-7-6-11(16)18-8-9-2-4-10(5-3-9)12(13,14)15/h2-5H,6-8H2,1H3. The number of hydrogen-bond acceptors (Lipinski definition) is 3. The van der Waals surface area contributed by atoms with Crippen molar-refractivity contribution in [1.82, 2.24) is 0 Å². The molecule has 0 fully saturated rings. The monoisotopic (exact) mass is 262 g/mol. The van der Waals surface area contributed by atoms with Crippen LogP contribution in [0.5, 0.6) is 0 Å². The van der Waals surface area contributed by atoms with Gasteiger partial charge in [-0.05, 0) is 17.7 Å². The van der Waals surface area contributed by atoms with Gasteiger partial charge in [-0.25, -0.2) is 0 Å². The van der Waals surface area contributed by atoms with Crippen molar-refractivity contribution in [3.8, 4) is 0 Å². The van der Waals surface area contributed by atoms with E-state index in [1.165, 1.54) is 19.2 Å². The zero-order valence-electron chi connectivity index (χ0n) is 9.79. The van der Waals surface area contributed by atoms with Crippen molar-refractivity contribution in [3.63, 3.8) is 0 Å². The molecule has 0 amide bonds. The SMILES string of the molecule is COCCC(=O)OCc1ccc(C(F)(F)F)cc1. The average molecular weight is 262 g/mol. The van der Waals surface area contributed by atoms with E-state index in [2.05, 4.69) is 0 Å². The number of hydrogen-bond donors (Lipinski definition) is 0. The molecule has 6 heteroatoms. The largest absolute Gasteiger partial charge is 0.461 e. The third-order valence-electron chi connectivity index (χ3n) is 2.19. The molecular weight excluding hydrogens is 249 g/mol. The zero-order chi connectivity index (χ0) is 13.6. The molecule has 100 valence electrons. The van der Waals surface area contributed by atoms with Crippen molar-refractivity contribution in [2.75, 3.05) is 13.7 Å².